The molecule has 2 aromatic heterocycles. The second kappa shape index (κ2) is 18.5. The molecular weight excluding hydrogens is 581 g/mol. The van der Waals surface area contributed by atoms with Crippen molar-refractivity contribution in [3.05, 3.63) is 47.8 Å². The minimum Gasteiger partial charge on any atom is -0.457 e. The molecule has 0 aliphatic heterocycles. The first-order valence-corrected chi connectivity index (χ1v) is 10.3. The zero-order valence-electron chi connectivity index (χ0n) is 14.0. The minimum absolute atomic E-state index is 0. The predicted octanol–water partition coefficient (Wildman–Crippen LogP) is -9.10. The number of carboxylic acid groups (broad SMARTS) is 2. The van der Waals surface area contributed by atoms with E-state index in [2.05, 4.69) is 9.97 Å². The van der Waals surface area contributed by atoms with E-state index in [1.165, 1.54) is 36.7 Å². The summed E-state index contributed by atoms with van der Waals surface area (Å²) in [7, 11) is 0. The van der Waals surface area contributed by atoms with E-state index in [0.717, 1.165) is 0 Å². The summed E-state index contributed by atoms with van der Waals surface area (Å²) in [5.74, 6) is -2.56. The summed E-state index contributed by atoms with van der Waals surface area (Å²) in [6.45, 7) is 0. The van der Waals surface area contributed by atoms with Gasteiger partial charge in [0, 0.05) is 0 Å². The van der Waals surface area contributed by atoms with Gasteiger partial charge in [-0.05, 0) is 0 Å². The van der Waals surface area contributed by atoms with Gasteiger partial charge in [-0.3, -0.25) is 0 Å². The summed E-state index contributed by atoms with van der Waals surface area (Å²) in [6.07, 6.45) is 2.49. The Labute approximate surface area is 182 Å². The van der Waals surface area contributed by atoms with Crippen LogP contribution < -0.4 is 25.9 Å². The topological polar surface area (TPSA) is 322 Å². The van der Waals surface area contributed by atoms with Gasteiger partial charge in [0.05, 0.1) is 0 Å². The average Bonchev–Trinajstić information content (AvgIpc) is 2.55. The van der Waals surface area contributed by atoms with Gasteiger partial charge in [-0.2, -0.15) is 0 Å². The maximum Gasteiger partial charge on any atom is 2.00 e. The molecule has 0 radical (unpaired) electrons. The molecule has 12 N–H and O–H groups in total. The van der Waals surface area contributed by atoms with E-state index >= 15 is 0 Å². The van der Waals surface area contributed by atoms with E-state index in [-0.39, 0.29) is 58.7 Å². The number of aromatic nitrogens is 2. The Morgan fingerprint density at radius 3 is 1.21 bits per heavy atom. The first-order valence-electron chi connectivity index (χ1n) is 5.80. The Kier molecular flexibility index (Phi) is 24.3. The molecule has 17 heteroatoms. The van der Waals surface area contributed by atoms with Crippen LogP contribution in [0.1, 0.15) is 20.7 Å². The van der Waals surface area contributed by atoms with Crippen LogP contribution in [-0.2, 0) is 27.4 Å². The van der Waals surface area contributed by atoms with Crippen LogP contribution in [0.2, 0.25) is 0 Å². The summed E-state index contributed by atoms with van der Waals surface area (Å²) in [5, 5.41) is 17.0. The number of carbonyl (C=O) groups is 2. The van der Waals surface area contributed by atoms with E-state index in [1.807, 2.05) is 0 Å². The molecule has 29 heavy (non-hydrogen) atoms. The second-order valence-electron chi connectivity index (χ2n) is 3.79. The van der Waals surface area contributed by atoms with Gasteiger partial charge in [0.15, 0.2) is 0 Å². The average molecular weight is 599 g/mol. The summed E-state index contributed by atoms with van der Waals surface area (Å²) in [4.78, 5) is 27.8. The molecule has 0 aliphatic rings. The number of hydrogen-bond donors (Lipinski definition) is 2. The van der Waals surface area contributed by atoms with Crippen LogP contribution in [0.3, 0.4) is 0 Å². The number of rotatable bonds is 4. The monoisotopic (exact) mass is 600 g/mol. The van der Waals surface area contributed by atoms with Crippen molar-refractivity contribution < 1.29 is 75.0 Å². The van der Waals surface area contributed by atoms with Crippen LogP contribution >= 0.6 is 0 Å². The third-order valence-corrected chi connectivity index (χ3v) is 5.01. The number of nitrogens with zero attached hydrogens (tertiary/aromatic N) is 2. The molecule has 0 aromatic carbocycles. The Hall–Kier alpha value is -1.55. The molecule has 0 amide bonds. The Morgan fingerprint density at radius 2 is 1.03 bits per heavy atom. The molecule has 0 aliphatic carbocycles. The van der Waals surface area contributed by atoms with Crippen molar-refractivity contribution in [1.29, 1.82) is 0 Å². The van der Waals surface area contributed by atoms with E-state index in [4.69, 9.17) is 10.2 Å². The van der Waals surface area contributed by atoms with Gasteiger partial charge in [-0.15, -0.1) is 0 Å². The number of carboxylic acids is 2. The zero-order valence-corrected chi connectivity index (χ0v) is 18.4. The molecule has 0 saturated heterocycles. The van der Waals surface area contributed by atoms with Crippen LogP contribution in [0.4, 0.5) is 0 Å². The van der Waals surface area contributed by atoms with Gasteiger partial charge in [0.25, 0.3) is 0 Å². The van der Waals surface area contributed by atoms with Crippen LogP contribution in [0, 0.1) is 0 Å². The number of pyridine rings is 2. The maximum atomic E-state index is 10.5. The Morgan fingerprint density at radius 1 is 0.759 bits per heavy atom. The van der Waals surface area contributed by atoms with Gasteiger partial charge in [-0.25, -0.2) is 0 Å². The molecule has 0 bridgehead atoms. The Bertz CT molecular complexity index is 676. The molecule has 0 atom stereocenters. The van der Waals surface area contributed by atoms with E-state index in [1.54, 1.807) is 0 Å². The molecule has 2 heterocycles. The van der Waals surface area contributed by atoms with Crippen molar-refractivity contribution in [2.75, 3.05) is 0 Å². The maximum absolute atomic E-state index is 10.5. The van der Waals surface area contributed by atoms with Crippen LogP contribution in [-0.4, -0.2) is 72.2 Å². The van der Waals surface area contributed by atoms with E-state index in [0.29, 0.717) is 0 Å². The Balaban J connectivity index is -0.000000113. The SMILES string of the molecule is O.O.O=C(O)c1cccnc1[Se+]([O-])[O-].O=C(O)c1cccnc1[Se+]([O-])[O-].[Ni+2].[OH3+].[OH3+]. The second-order valence-corrected chi connectivity index (χ2v) is 7.38. The summed E-state index contributed by atoms with van der Waals surface area (Å²) < 4.78 is 41.3. The molecule has 0 unspecified atom stereocenters. The molecule has 2 aromatic rings. The molecule has 168 valence electrons. The van der Waals surface area contributed by atoms with E-state index in [9.17, 15) is 26.3 Å². The van der Waals surface area contributed by atoms with Gasteiger partial charge >= 0.3 is 161 Å². The first-order chi connectivity index (χ1) is 11.3. The zero-order chi connectivity index (χ0) is 18.3. The molecule has 0 spiro atoms. The predicted molar refractivity (Wildman–Crippen MR) is 90.1 cm³/mol. The van der Waals surface area contributed by atoms with E-state index < -0.39 is 41.1 Å². The largest absolute Gasteiger partial charge is 2.00 e. The van der Waals surface area contributed by atoms with Crippen molar-refractivity contribution >= 4 is 50.2 Å². The number of hydrogen-bond acceptors (Lipinski definition) is 8. The van der Waals surface area contributed by atoms with Crippen molar-refractivity contribution in [3.8, 4) is 0 Å². The summed E-state index contributed by atoms with van der Waals surface area (Å²) in [6, 6.07) is 5.16. The van der Waals surface area contributed by atoms with Gasteiger partial charge in [0.2, 0.25) is 0 Å². The van der Waals surface area contributed by atoms with Crippen LogP contribution in [0.5, 0.6) is 0 Å². The molecule has 0 fully saturated rings. The fourth-order valence-electron chi connectivity index (χ4n) is 1.37. The van der Waals surface area contributed by atoms with Gasteiger partial charge < -0.3 is 21.9 Å². The molecule has 0 saturated carbocycles. The van der Waals surface area contributed by atoms with Crippen molar-refractivity contribution in [1.82, 2.24) is 9.97 Å². The van der Waals surface area contributed by atoms with Crippen LogP contribution in [0.15, 0.2) is 36.7 Å². The third-order valence-electron chi connectivity index (χ3n) is 2.32. The first kappa shape index (κ1) is 38.1. The smallest absolute Gasteiger partial charge is 0.457 e. The molecular formula is C12H18N2NiO12Se2+2. The van der Waals surface area contributed by atoms with Gasteiger partial charge in [-0.1, -0.05) is 0 Å². The standard InChI is InChI=1S/2C6H5NO4Se.Ni.4H2O/c2*8-6(9)4-2-1-3-7-5(4)12(10)11;;;;;/h2*1-3H,(H,8,9)(H,10,11);;4*1H2/q;;+2;;;;. The summed E-state index contributed by atoms with van der Waals surface area (Å²) >= 11 is -6.98. The van der Waals surface area contributed by atoms with Crippen molar-refractivity contribution in [2.24, 2.45) is 0 Å². The van der Waals surface area contributed by atoms with Crippen molar-refractivity contribution in [2.45, 2.75) is 0 Å². The van der Waals surface area contributed by atoms with Crippen LogP contribution in [0.25, 0.3) is 0 Å². The third kappa shape index (κ3) is 11.9. The quantitative estimate of drug-likeness (QED) is 0.247. The van der Waals surface area contributed by atoms with Crippen molar-refractivity contribution in [3.63, 3.8) is 0 Å². The number of aromatic carboxylic acids is 2. The minimum atomic E-state index is -3.49. The molecule has 14 nitrogen and oxygen atoms in total. The fraction of sp³-hybridized carbons (Fsp3) is 0. The normalized spacial score (nSPS) is 8.48. The summed E-state index contributed by atoms with van der Waals surface area (Å²) in [5.41, 5.74) is -0.542. The molecule has 2 rings (SSSR count). The van der Waals surface area contributed by atoms with Gasteiger partial charge in [0.1, 0.15) is 0 Å². The fourth-order valence-corrected chi connectivity index (χ4v) is 3.39.